The number of benzene rings is 1. The van der Waals surface area contributed by atoms with E-state index in [0.29, 0.717) is 0 Å². The van der Waals surface area contributed by atoms with Gasteiger partial charge in [0, 0.05) is 5.39 Å². The SMILES string of the molecule is NC(C1=CCCCCC1)c1cc2ccccc2o1. The molecule has 1 aliphatic carbocycles. The van der Waals surface area contributed by atoms with Crippen LogP contribution in [0, 0.1) is 0 Å². The van der Waals surface area contributed by atoms with E-state index < -0.39 is 0 Å². The van der Waals surface area contributed by atoms with E-state index in [9.17, 15) is 0 Å². The molecule has 0 saturated heterocycles. The lowest BCUT2D eigenvalue weighted by molar-refractivity contribution is 0.514. The van der Waals surface area contributed by atoms with Gasteiger partial charge in [0.1, 0.15) is 11.3 Å². The minimum absolute atomic E-state index is 0.0736. The van der Waals surface area contributed by atoms with Gasteiger partial charge in [0.05, 0.1) is 6.04 Å². The maximum atomic E-state index is 6.34. The van der Waals surface area contributed by atoms with Crippen LogP contribution in [0.25, 0.3) is 11.0 Å². The largest absolute Gasteiger partial charge is 0.459 e. The van der Waals surface area contributed by atoms with Gasteiger partial charge in [-0.15, -0.1) is 0 Å². The highest BCUT2D eigenvalue weighted by molar-refractivity contribution is 5.77. The van der Waals surface area contributed by atoms with Crippen LogP contribution in [0.4, 0.5) is 0 Å². The molecule has 1 aliphatic rings. The Labute approximate surface area is 107 Å². The average Bonchev–Trinajstić information content (AvgIpc) is 2.64. The summed E-state index contributed by atoms with van der Waals surface area (Å²) < 4.78 is 5.86. The zero-order valence-electron chi connectivity index (χ0n) is 10.6. The first-order valence-electron chi connectivity index (χ1n) is 6.77. The molecule has 1 aromatic carbocycles. The second kappa shape index (κ2) is 4.99. The maximum Gasteiger partial charge on any atom is 0.134 e. The Balaban J connectivity index is 1.90. The number of nitrogens with two attached hydrogens (primary N) is 1. The first-order valence-corrected chi connectivity index (χ1v) is 6.77. The lowest BCUT2D eigenvalue weighted by atomic mass is 10.0. The molecule has 1 unspecified atom stereocenters. The van der Waals surface area contributed by atoms with E-state index in [-0.39, 0.29) is 6.04 Å². The predicted octanol–water partition coefficient (Wildman–Crippen LogP) is 4.32. The minimum atomic E-state index is -0.0736. The summed E-state index contributed by atoms with van der Waals surface area (Å²) in [5.74, 6) is 0.893. The molecule has 0 spiro atoms. The van der Waals surface area contributed by atoms with E-state index in [0.717, 1.165) is 29.6 Å². The third kappa shape index (κ3) is 2.21. The molecule has 3 rings (SSSR count). The van der Waals surface area contributed by atoms with Crippen molar-refractivity contribution in [2.45, 2.75) is 38.1 Å². The lowest BCUT2D eigenvalue weighted by Gasteiger charge is -2.12. The molecule has 0 aliphatic heterocycles. The number of rotatable bonds is 2. The van der Waals surface area contributed by atoms with Gasteiger partial charge in [0.15, 0.2) is 0 Å². The highest BCUT2D eigenvalue weighted by Crippen LogP contribution is 2.30. The van der Waals surface area contributed by atoms with Crippen molar-refractivity contribution in [3.63, 3.8) is 0 Å². The molecule has 2 N–H and O–H groups in total. The predicted molar refractivity (Wildman–Crippen MR) is 74.3 cm³/mol. The zero-order valence-corrected chi connectivity index (χ0v) is 10.6. The smallest absolute Gasteiger partial charge is 0.134 e. The molecule has 1 atom stereocenters. The van der Waals surface area contributed by atoms with Crippen molar-refractivity contribution in [1.29, 1.82) is 0 Å². The first kappa shape index (κ1) is 11.5. The van der Waals surface area contributed by atoms with Crippen LogP contribution in [0.2, 0.25) is 0 Å². The fourth-order valence-corrected chi connectivity index (χ4v) is 2.66. The van der Waals surface area contributed by atoms with Gasteiger partial charge in [0.2, 0.25) is 0 Å². The molecule has 2 aromatic rings. The van der Waals surface area contributed by atoms with Crippen LogP contribution in [0.15, 0.2) is 46.4 Å². The monoisotopic (exact) mass is 241 g/mol. The van der Waals surface area contributed by atoms with Crippen LogP contribution in [0.1, 0.15) is 43.9 Å². The number of para-hydroxylation sites is 1. The van der Waals surface area contributed by atoms with Crippen LogP contribution >= 0.6 is 0 Å². The van der Waals surface area contributed by atoms with Gasteiger partial charge in [-0.2, -0.15) is 0 Å². The quantitative estimate of drug-likeness (QED) is 0.795. The third-order valence-electron chi connectivity index (χ3n) is 3.73. The van der Waals surface area contributed by atoms with Crippen LogP contribution in [0.5, 0.6) is 0 Å². The van der Waals surface area contributed by atoms with Gasteiger partial charge in [-0.1, -0.05) is 30.7 Å². The van der Waals surface area contributed by atoms with Crippen LogP contribution in [-0.4, -0.2) is 0 Å². The van der Waals surface area contributed by atoms with Crippen molar-refractivity contribution in [2.24, 2.45) is 5.73 Å². The van der Waals surface area contributed by atoms with E-state index in [4.69, 9.17) is 10.2 Å². The van der Waals surface area contributed by atoms with Crippen LogP contribution < -0.4 is 5.73 Å². The number of allylic oxidation sites excluding steroid dienone is 1. The van der Waals surface area contributed by atoms with E-state index in [2.05, 4.69) is 18.2 Å². The Morgan fingerprint density at radius 2 is 2.00 bits per heavy atom. The summed E-state index contributed by atoms with van der Waals surface area (Å²) in [6, 6.07) is 10.1. The van der Waals surface area contributed by atoms with Gasteiger partial charge in [-0.25, -0.2) is 0 Å². The molecule has 0 bridgehead atoms. The second-order valence-electron chi connectivity index (χ2n) is 5.04. The normalized spacial score (nSPS) is 18.4. The Morgan fingerprint density at radius 3 is 2.89 bits per heavy atom. The number of hydrogen-bond donors (Lipinski definition) is 1. The van der Waals surface area contributed by atoms with Gasteiger partial charge >= 0.3 is 0 Å². The molecule has 0 radical (unpaired) electrons. The summed E-state index contributed by atoms with van der Waals surface area (Å²) in [6.45, 7) is 0. The Morgan fingerprint density at radius 1 is 1.11 bits per heavy atom. The highest BCUT2D eigenvalue weighted by Gasteiger charge is 2.17. The maximum absolute atomic E-state index is 6.34. The van der Waals surface area contributed by atoms with Gasteiger partial charge in [-0.3, -0.25) is 0 Å². The summed E-state index contributed by atoms with van der Waals surface area (Å²) >= 11 is 0. The van der Waals surface area contributed by atoms with E-state index >= 15 is 0 Å². The Hall–Kier alpha value is -1.54. The molecular formula is C16H19NO. The molecule has 0 saturated carbocycles. The molecule has 2 nitrogen and oxygen atoms in total. The van der Waals surface area contributed by atoms with Crippen molar-refractivity contribution in [3.8, 4) is 0 Å². The summed E-state index contributed by atoms with van der Waals surface area (Å²) in [7, 11) is 0. The van der Waals surface area contributed by atoms with E-state index in [1.165, 1.54) is 24.8 Å². The van der Waals surface area contributed by atoms with Crippen LogP contribution in [0.3, 0.4) is 0 Å². The Bertz CT molecular complexity index is 534. The van der Waals surface area contributed by atoms with Gasteiger partial charge in [0.25, 0.3) is 0 Å². The average molecular weight is 241 g/mol. The molecule has 18 heavy (non-hydrogen) atoms. The van der Waals surface area contributed by atoms with Gasteiger partial charge in [-0.05, 0) is 43.4 Å². The summed E-state index contributed by atoms with van der Waals surface area (Å²) in [5, 5.41) is 1.14. The lowest BCUT2D eigenvalue weighted by Crippen LogP contribution is -2.12. The summed E-state index contributed by atoms with van der Waals surface area (Å²) in [4.78, 5) is 0. The number of fused-ring (bicyclic) bond motifs is 1. The van der Waals surface area contributed by atoms with Crippen molar-refractivity contribution >= 4 is 11.0 Å². The fraction of sp³-hybridized carbons (Fsp3) is 0.375. The molecule has 1 heterocycles. The summed E-state index contributed by atoms with van der Waals surface area (Å²) in [5.41, 5.74) is 8.61. The van der Waals surface area contributed by atoms with Crippen molar-refractivity contribution < 1.29 is 4.42 Å². The van der Waals surface area contributed by atoms with Crippen molar-refractivity contribution in [3.05, 3.63) is 47.7 Å². The van der Waals surface area contributed by atoms with Gasteiger partial charge < -0.3 is 10.2 Å². The fourth-order valence-electron chi connectivity index (χ4n) is 2.66. The topological polar surface area (TPSA) is 39.2 Å². The Kier molecular flexibility index (Phi) is 3.20. The second-order valence-corrected chi connectivity index (χ2v) is 5.04. The number of hydrogen-bond acceptors (Lipinski definition) is 2. The van der Waals surface area contributed by atoms with Crippen LogP contribution in [-0.2, 0) is 0 Å². The molecule has 1 aromatic heterocycles. The standard InChI is InChI=1S/C16H19NO/c17-16(12-7-3-1-2-4-8-12)15-11-13-9-5-6-10-14(13)18-15/h5-7,9-11,16H,1-4,8,17H2. The molecular weight excluding hydrogens is 222 g/mol. The molecule has 94 valence electrons. The first-order chi connectivity index (χ1) is 8.84. The highest BCUT2D eigenvalue weighted by atomic mass is 16.3. The minimum Gasteiger partial charge on any atom is -0.459 e. The van der Waals surface area contributed by atoms with Crippen molar-refractivity contribution in [2.75, 3.05) is 0 Å². The molecule has 0 amide bonds. The number of furan rings is 1. The van der Waals surface area contributed by atoms with E-state index in [1.807, 2.05) is 18.2 Å². The third-order valence-corrected chi connectivity index (χ3v) is 3.73. The zero-order chi connectivity index (χ0) is 12.4. The summed E-state index contributed by atoms with van der Waals surface area (Å²) in [6.07, 6.45) is 8.43. The molecule has 0 fully saturated rings. The van der Waals surface area contributed by atoms with E-state index in [1.54, 1.807) is 0 Å². The van der Waals surface area contributed by atoms with Crippen molar-refractivity contribution in [1.82, 2.24) is 0 Å². The molecule has 2 heteroatoms.